The molecular formula is C28H42NO3+. The molecule has 1 N–H and O–H groups in total. The molecule has 0 radical (unpaired) electrons. The van der Waals surface area contributed by atoms with Gasteiger partial charge in [0.05, 0.1) is 5.92 Å². The monoisotopic (exact) mass is 440 g/mol. The van der Waals surface area contributed by atoms with Crippen molar-refractivity contribution in [2.75, 3.05) is 6.61 Å². The van der Waals surface area contributed by atoms with Crippen LogP contribution < -0.4 is 4.57 Å². The van der Waals surface area contributed by atoms with Crippen LogP contribution in [0.25, 0.3) is 0 Å². The second kappa shape index (κ2) is 14.1. The van der Waals surface area contributed by atoms with E-state index in [1.807, 2.05) is 36.0 Å². The van der Waals surface area contributed by atoms with Crippen LogP contribution in [-0.4, -0.2) is 17.7 Å². The first-order valence-electron chi connectivity index (χ1n) is 12.3. The molecule has 176 valence electrons. The number of hydrogen-bond donors (Lipinski definition) is 1. The van der Waals surface area contributed by atoms with Gasteiger partial charge >= 0.3 is 12.2 Å². The number of nitrogens with zero attached hydrogens (tertiary/aromatic N) is 1. The highest BCUT2D eigenvalue weighted by Gasteiger charge is 2.26. The van der Waals surface area contributed by atoms with E-state index < -0.39 is 0 Å². The lowest BCUT2D eigenvalue weighted by Crippen LogP contribution is -2.42. The van der Waals surface area contributed by atoms with Gasteiger partial charge in [0.2, 0.25) is 0 Å². The second-order valence-corrected chi connectivity index (χ2v) is 9.28. The largest absolute Gasteiger partial charge is 0.402 e. The summed E-state index contributed by atoms with van der Waals surface area (Å²) in [5.41, 5.74) is 3.37. The number of rotatable bonds is 14. The minimum Gasteiger partial charge on any atom is -0.402 e. The number of carbonyl (C=O) groups excluding carboxylic acids is 1. The third-order valence-electron chi connectivity index (χ3n) is 5.94. The van der Waals surface area contributed by atoms with Crippen molar-refractivity contribution in [1.82, 2.24) is 0 Å². The van der Waals surface area contributed by atoms with E-state index in [1.54, 1.807) is 0 Å². The fourth-order valence-electron chi connectivity index (χ4n) is 3.93. The number of unbranched alkanes of at least 4 members (excludes halogenated alkanes) is 4. The summed E-state index contributed by atoms with van der Waals surface area (Å²) in [6.07, 6.45) is 11.9. The number of hydrogen-bond acceptors (Lipinski definition) is 3. The van der Waals surface area contributed by atoms with Crippen LogP contribution in [-0.2, 0) is 22.4 Å². The molecule has 1 heterocycles. The molecular weight excluding hydrogens is 398 g/mol. The highest BCUT2D eigenvalue weighted by Crippen LogP contribution is 2.22. The zero-order chi connectivity index (χ0) is 23.3. The number of benzene rings is 1. The van der Waals surface area contributed by atoms with Gasteiger partial charge < -0.3 is 9.84 Å². The van der Waals surface area contributed by atoms with Gasteiger partial charge in [0.1, 0.15) is 0 Å². The molecule has 1 aromatic carbocycles. The second-order valence-electron chi connectivity index (χ2n) is 9.28. The van der Waals surface area contributed by atoms with Crippen molar-refractivity contribution < 1.29 is 19.2 Å². The summed E-state index contributed by atoms with van der Waals surface area (Å²) in [4.78, 5) is 13.0. The maximum absolute atomic E-state index is 13.0. The first kappa shape index (κ1) is 26.1. The SMILES string of the molecule is CCCCCCCC(OC(=O)[C@@H](C)c1ccc(CC(C)C)cc1)[n+]1ccc(CCO)cc1. The standard InChI is InChI=1S/C28H42NO3/c1-5-6-7-8-9-10-27(29-18-15-24(16-19-29)17-20-30)32-28(31)23(4)26-13-11-25(12-14-26)21-22(2)3/h11-16,18-19,22-23,27,30H,5-10,17,20-21H2,1-4H3/q+1/t23-,27?/m0/s1. The van der Waals surface area contributed by atoms with Gasteiger partial charge in [-0.2, -0.15) is 4.57 Å². The number of pyridine rings is 1. The first-order valence-corrected chi connectivity index (χ1v) is 12.3. The maximum Gasteiger partial charge on any atom is 0.318 e. The van der Waals surface area contributed by atoms with Gasteiger partial charge in [-0.25, -0.2) is 0 Å². The zero-order valence-electron chi connectivity index (χ0n) is 20.4. The first-order chi connectivity index (χ1) is 15.4. The number of aromatic nitrogens is 1. The predicted octanol–water partition coefficient (Wildman–Crippen LogP) is 5.91. The Morgan fingerprint density at radius 2 is 1.59 bits per heavy atom. The molecule has 1 unspecified atom stereocenters. The Morgan fingerprint density at radius 3 is 2.19 bits per heavy atom. The molecule has 1 aromatic heterocycles. The van der Waals surface area contributed by atoms with E-state index in [1.165, 1.54) is 24.8 Å². The molecule has 0 aliphatic carbocycles. The van der Waals surface area contributed by atoms with Crippen LogP contribution >= 0.6 is 0 Å². The molecule has 0 bridgehead atoms. The normalized spacial score (nSPS) is 13.2. The van der Waals surface area contributed by atoms with Gasteiger partial charge in [0.15, 0.2) is 12.4 Å². The summed E-state index contributed by atoms with van der Waals surface area (Å²) >= 11 is 0. The van der Waals surface area contributed by atoms with Crippen LogP contribution in [0.5, 0.6) is 0 Å². The topological polar surface area (TPSA) is 50.4 Å². The van der Waals surface area contributed by atoms with E-state index in [0.29, 0.717) is 12.3 Å². The van der Waals surface area contributed by atoms with Gasteiger partial charge in [0.25, 0.3) is 0 Å². The summed E-state index contributed by atoms with van der Waals surface area (Å²) in [6.45, 7) is 8.69. The van der Waals surface area contributed by atoms with Crippen molar-refractivity contribution in [3.05, 3.63) is 65.5 Å². The van der Waals surface area contributed by atoms with E-state index in [9.17, 15) is 4.79 Å². The van der Waals surface area contributed by atoms with Gasteiger partial charge in [0, 0.05) is 25.2 Å². The highest BCUT2D eigenvalue weighted by atomic mass is 16.6. The molecule has 0 aliphatic heterocycles. The predicted molar refractivity (Wildman–Crippen MR) is 129 cm³/mol. The average molecular weight is 441 g/mol. The lowest BCUT2D eigenvalue weighted by molar-refractivity contribution is -0.758. The van der Waals surface area contributed by atoms with E-state index in [-0.39, 0.29) is 24.7 Å². The third-order valence-corrected chi connectivity index (χ3v) is 5.94. The summed E-state index contributed by atoms with van der Waals surface area (Å²) in [6, 6.07) is 12.3. The van der Waals surface area contributed by atoms with E-state index >= 15 is 0 Å². The van der Waals surface area contributed by atoms with Crippen molar-refractivity contribution in [3.8, 4) is 0 Å². The molecule has 2 rings (SSSR count). The maximum atomic E-state index is 13.0. The number of esters is 1. The van der Waals surface area contributed by atoms with E-state index in [0.717, 1.165) is 36.8 Å². The summed E-state index contributed by atoms with van der Waals surface area (Å²) in [5.74, 6) is 0.120. The van der Waals surface area contributed by atoms with Crippen molar-refractivity contribution in [3.63, 3.8) is 0 Å². The smallest absolute Gasteiger partial charge is 0.318 e. The zero-order valence-corrected chi connectivity index (χ0v) is 20.4. The Morgan fingerprint density at radius 1 is 0.938 bits per heavy atom. The molecule has 0 saturated heterocycles. The van der Waals surface area contributed by atoms with Crippen LogP contribution in [0.2, 0.25) is 0 Å². The molecule has 4 nitrogen and oxygen atoms in total. The lowest BCUT2D eigenvalue weighted by Gasteiger charge is -2.17. The van der Waals surface area contributed by atoms with Crippen LogP contribution in [0.15, 0.2) is 48.8 Å². The highest BCUT2D eigenvalue weighted by molar-refractivity contribution is 5.77. The molecule has 32 heavy (non-hydrogen) atoms. The Balaban J connectivity index is 2.06. The molecule has 2 atom stereocenters. The third kappa shape index (κ3) is 8.74. The molecule has 0 fully saturated rings. The average Bonchev–Trinajstić information content (AvgIpc) is 2.78. The number of aliphatic hydroxyl groups is 1. The summed E-state index contributed by atoms with van der Waals surface area (Å²) in [5, 5.41) is 9.16. The fourth-order valence-corrected chi connectivity index (χ4v) is 3.93. The molecule has 0 amide bonds. The van der Waals surface area contributed by atoms with Crippen LogP contribution in [0.4, 0.5) is 0 Å². The van der Waals surface area contributed by atoms with Crippen molar-refractivity contribution in [1.29, 1.82) is 0 Å². The van der Waals surface area contributed by atoms with E-state index in [4.69, 9.17) is 9.84 Å². The molecule has 2 aromatic rings. The van der Waals surface area contributed by atoms with E-state index in [2.05, 4.69) is 45.0 Å². The van der Waals surface area contributed by atoms with Crippen molar-refractivity contribution >= 4 is 5.97 Å². The minimum absolute atomic E-state index is 0.132. The molecule has 4 heteroatoms. The molecule has 0 aliphatic rings. The number of aliphatic hydroxyl groups excluding tert-OH is 1. The number of ether oxygens (including phenoxy) is 1. The van der Waals surface area contributed by atoms with Crippen molar-refractivity contribution in [2.24, 2.45) is 5.92 Å². The number of carbonyl (C=O) groups is 1. The Bertz CT molecular complexity index is 783. The lowest BCUT2D eigenvalue weighted by atomic mass is 9.97. The van der Waals surface area contributed by atoms with Gasteiger partial charge in [-0.15, -0.1) is 0 Å². The van der Waals surface area contributed by atoms with Crippen molar-refractivity contribution in [2.45, 2.75) is 91.2 Å². The van der Waals surface area contributed by atoms with Gasteiger partial charge in [-0.1, -0.05) is 70.7 Å². The quantitative estimate of drug-likeness (QED) is 0.226. The Labute approximate surface area is 194 Å². The summed E-state index contributed by atoms with van der Waals surface area (Å²) in [7, 11) is 0. The fraction of sp³-hybridized carbons (Fsp3) is 0.571. The van der Waals surface area contributed by atoms with Crippen LogP contribution in [0.1, 0.15) is 95.1 Å². The summed E-state index contributed by atoms with van der Waals surface area (Å²) < 4.78 is 8.01. The van der Waals surface area contributed by atoms with Gasteiger partial charge in [-0.3, -0.25) is 4.79 Å². The van der Waals surface area contributed by atoms with Crippen LogP contribution in [0.3, 0.4) is 0 Å². The Kier molecular flexibility index (Phi) is 11.4. The molecule has 0 saturated carbocycles. The Hall–Kier alpha value is -2.20. The molecule has 0 spiro atoms. The minimum atomic E-state index is -0.310. The van der Waals surface area contributed by atoms with Gasteiger partial charge in [-0.05, 0) is 48.8 Å². The van der Waals surface area contributed by atoms with Crippen LogP contribution in [0, 0.1) is 5.92 Å².